The van der Waals surface area contributed by atoms with Crippen molar-refractivity contribution in [3.8, 4) is 0 Å². The van der Waals surface area contributed by atoms with Crippen molar-refractivity contribution in [1.82, 2.24) is 14.7 Å². The smallest absolute Gasteiger partial charge is 0.255 e. The van der Waals surface area contributed by atoms with Crippen molar-refractivity contribution in [3.05, 3.63) is 180 Å². The fraction of sp³-hybridized carbons (Fsp3) is 0.296. The number of piperazine rings is 3. The quantitative estimate of drug-likeness (QED) is 0.0961. The summed E-state index contributed by atoms with van der Waals surface area (Å²) in [6.45, 7) is 13.5. The van der Waals surface area contributed by atoms with E-state index in [0.717, 1.165) is 102 Å². The molecule has 69 heavy (non-hydrogen) atoms. The summed E-state index contributed by atoms with van der Waals surface area (Å²) in [5.74, 6) is -0.970. The molecule has 0 atom stereocenters. The van der Waals surface area contributed by atoms with E-state index < -0.39 is 5.24 Å². The highest BCUT2D eigenvalue weighted by Gasteiger charge is 2.17. The van der Waals surface area contributed by atoms with E-state index in [1.807, 2.05) is 36.4 Å². The Morgan fingerprint density at radius 1 is 0.464 bits per heavy atom. The molecule has 11 nitrogen and oxygen atoms in total. The van der Waals surface area contributed by atoms with Gasteiger partial charge in [0.2, 0.25) is 0 Å². The van der Waals surface area contributed by atoms with Crippen molar-refractivity contribution in [2.24, 2.45) is 0 Å². The van der Waals surface area contributed by atoms with Gasteiger partial charge in [-0.25, -0.2) is 13.2 Å². The molecule has 0 radical (unpaired) electrons. The second-order valence-electron chi connectivity index (χ2n) is 17.3. The molecule has 6 aromatic rings. The third-order valence-corrected chi connectivity index (χ3v) is 12.3. The Balaban J connectivity index is 0.000000159. The molecule has 15 heteroatoms. The Kier molecular flexibility index (Phi) is 19.7. The summed E-state index contributed by atoms with van der Waals surface area (Å²) in [7, 11) is 6.42. The number of nitrogen functional groups attached to an aromatic ring is 1. The van der Waals surface area contributed by atoms with Gasteiger partial charge >= 0.3 is 0 Å². The van der Waals surface area contributed by atoms with Crippen molar-refractivity contribution in [2.45, 2.75) is 6.54 Å². The maximum Gasteiger partial charge on any atom is 0.255 e. The summed E-state index contributed by atoms with van der Waals surface area (Å²) < 4.78 is 37.8. The van der Waals surface area contributed by atoms with Crippen LogP contribution in [0.5, 0.6) is 0 Å². The van der Waals surface area contributed by atoms with Crippen molar-refractivity contribution >= 4 is 56.9 Å². The number of carbonyl (C=O) groups excluding carboxylic acids is 2. The molecular weight excluding hydrogens is 899 g/mol. The van der Waals surface area contributed by atoms with E-state index in [2.05, 4.69) is 85.4 Å². The SMILES string of the molecule is CN1CCN(c2ccc(C(=O)Cl)cc2)CC1.CN1CCN(c2ccc(C(=O)Nc3ccc(F)cc3)cc2)CC1.CN1CCN(c2ccc(CNc3ccc(F)cc3)cc2)CC1.Nc1ccc(F)cc1. The van der Waals surface area contributed by atoms with Crippen LogP contribution in [0.1, 0.15) is 26.3 Å². The highest BCUT2D eigenvalue weighted by Crippen LogP contribution is 2.21. The number of rotatable bonds is 9. The van der Waals surface area contributed by atoms with E-state index in [9.17, 15) is 22.8 Å². The minimum atomic E-state index is -0.398. The van der Waals surface area contributed by atoms with Crippen LogP contribution < -0.4 is 31.1 Å². The zero-order chi connectivity index (χ0) is 49.1. The molecule has 364 valence electrons. The summed E-state index contributed by atoms with van der Waals surface area (Å²) in [5, 5.41) is 5.67. The highest BCUT2D eigenvalue weighted by molar-refractivity contribution is 6.67. The first-order valence-electron chi connectivity index (χ1n) is 23.1. The van der Waals surface area contributed by atoms with E-state index in [1.165, 1.54) is 59.8 Å². The molecule has 0 aromatic heterocycles. The molecule has 3 saturated heterocycles. The van der Waals surface area contributed by atoms with Gasteiger partial charge in [-0.3, -0.25) is 9.59 Å². The molecule has 0 spiro atoms. The maximum absolute atomic E-state index is 12.9. The zero-order valence-corrected chi connectivity index (χ0v) is 40.4. The van der Waals surface area contributed by atoms with Crippen molar-refractivity contribution in [3.63, 3.8) is 0 Å². The molecule has 3 aliphatic heterocycles. The number of amides is 1. The molecule has 3 fully saturated rings. The van der Waals surface area contributed by atoms with Gasteiger partial charge in [0.25, 0.3) is 11.1 Å². The number of nitrogens with one attached hydrogen (secondary N) is 2. The Bertz CT molecular complexity index is 2440. The summed E-state index contributed by atoms with van der Waals surface area (Å²) in [4.78, 5) is 37.2. The third kappa shape index (κ3) is 17.2. The molecule has 0 saturated carbocycles. The largest absolute Gasteiger partial charge is 0.399 e. The van der Waals surface area contributed by atoms with Crippen molar-refractivity contribution in [2.75, 3.05) is 131 Å². The average molecular weight is 963 g/mol. The van der Waals surface area contributed by atoms with Crippen LogP contribution in [0.25, 0.3) is 0 Å². The van der Waals surface area contributed by atoms with Gasteiger partial charge < -0.3 is 45.8 Å². The molecule has 3 heterocycles. The van der Waals surface area contributed by atoms with E-state index >= 15 is 0 Å². The van der Waals surface area contributed by atoms with E-state index in [1.54, 1.807) is 36.4 Å². The van der Waals surface area contributed by atoms with Crippen LogP contribution >= 0.6 is 11.6 Å². The number of nitrogens with two attached hydrogens (primary N) is 1. The Hall–Kier alpha value is -6.58. The number of nitrogens with zero attached hydrogens (tertiary/aromatic N) is 6. The summed E-state index contributed by atoms with van der Waals surface area (Å²) >= 11 is 5.40. The van der Waals surface area contributed by atoms with Gasteiger partial charge in [-0.1, -0.05) is 12.1 Å². The number of hydrogen-bond acceptors (Lipinski definition) is 10. The van der Waals surface area contributed by atoms with Crippen molar-refractivity contribution in [1.29, 1.82) is 0 Å². The fourth-order valence-electron chi connectivity index (χ4n) is 7.62. The van der Waals surface area contributed by atoms with Crippen LogP contribution in [0.3, 0.4) is 0 Å². The Labute approximate surface area is 409 Å². The van der Waals surface area contributed by atoms with Gasteiger partial charge in [0, 0.05) is 130 Å². The van der Waals surface area contributed by atoms with Crippen LogP contribution in [0.4, 0.5) is 47.3 Å². The molecular formula is C54H63ClF3N9O2. The molecule has 1 amide bonds. The van der Waals surface area contributed by atoms with Gasteiger partial charge in [0.15, 0.2) is 0 Å². The second-order valence-corrected chi connectivity index (χ2v) is 17.6. The molecule has 4 N–H and O–H groups in total. The number of benzene rings is 6. The lowest BCUT2D eigenvalue weighted by molar-refractivity contribution is 0.102. The summed E-state index contributed by atoms with van der Waals surface area (Å²) in [6.07, 6.45) is 0. The monoisotopic (exact) mass is 961 g/mol. The highest BCUT2D eigenvalue weighted by atomic mass is 35.5. The number of anilines is 6. The summed E-state index contributed by atoms with van der Waals surface area (Å²) in [6, 6.07) is 41.7. The van der Waals surface area contributed by atoms with Gasteiger partial charge in [0.05, 0.1) is 0 Å². The average Bonchev–Trinajstić information content (AvgIpc) is 3.37. The lowest BCUT2D eigenvalue weighted by atomic mass is 10.1. The Morgan fingerprint density at radius 3 is 1.16 bits per heavy atom. The second kappa shape index (κ2) is 26.3. The summed E-state index contributed by atoms with van der Waals surface area (Å²) in [5.41, 5.74) is 13.3. The molecule has 6 aromatic carbocycles. The van der Waals surface area contributed by atoms with Crippen LogP contribution in [0.2, 0.25) is 0 Å². The number of hydrogen-bond donors (Lipinski definition) is 3. The molecule has 0 bridgehead atoms. The zero-order valence-electron chi connectivity index (χ0n) is 39.6. The van der Waals surface area contributed by atoms with Crippen LogP contribution in [0.15, 0.2) is 146 Å². The molecule has 0 aliphatic carbocycles. The van der Waals surface area contributed by atoms with Crippen LogP contribution in [-0.4, -0.2) is 126 Å². The van der Waals surface area contributed by atoms with Crippen molar-refractivity contribution < 1.29 is 22.8 Å². The van der Waals surface area contributed by atoms with Gasteiger partial charge in [0.1, 0.15) is 17.5 Å². The van der Waals surface area contributed by atoms with E-state index in [0.29, 0.717) is 22.5 Å². The predicted molar refractivity (Wildman–Crippen MR) is 278 cm³/mol. The first-order valence-corrected chi connectivity index (χ1v) is 23.5. The van der Waals surface area contributed by atoms with Gasteiger partial charge in [-0.05, 0) is 172 Å². The minimum Gasteiger partial charge on any atom is -0.399 e. The standard InChI is InChI=1S/C18H20FN3O.C18H22FN3.C12H15ClN2O.C6H6FN/c1-21-10-12-22(13-11-21)17-8-2-14(3-9-17)18(23)20-16-6-4-15(19)5-7-16;1-21-10-12-22(13-11-21)18-8-2-15(3-9-18)14-20-17-6-4-16(19)5-7-17;1-14-6-8-15(9-7-14)11-4-2-10(3-5-11)12(13)16;7-5-1-3-6(8)4-2-5/h2-9H,10-13H2,1H3,(H,20,23);2-9,20H,10-14H2,1H3;2-5H,6-9H2,1H3;1-4H,8H2. The Morgan fingerprint density at radius 2 is 0.797 bits per heavy atom. The van der Waals surface area contributed by atoms with Crippen LogP contribution in [-0.2, 0) is 6.54 Å². The number of carbonyl (C=O) groups is 2. The first-order chi connectivity index (χ1) is 33.3. The minimum absolute atomic E-state index is 0.193. The lowest BCUT2D eigenvalue weighted by Crippen LogP contribution is -2.44. The predicted octanol–water partition coefficient (Wildman–Crippen LogP) is 9.24. The normalized spacial score (nSPS) is 15.3. The fourth-order valence-corrected chi connectivity index (χ4v) is 7.74. The van der Waals surface area contributed by atoms with Crippen LogP contribution in [0, 0.1) is 17.5 Å². The molecule has 0 unspecified atom stereocenters. The maximum atomic E-state index is 12.9. The van der Waals surface area contributed by atoms with E-state index in [4.69, 9.17) is 17.3 Å². The van der Waals surface area contributed by atoms with Gasteiger partial charge in [-0.2, -0.15) is 0 Å². The number of likely N-dealkylation sites (N-methyl/N-ethyl adjacent to an activating group) is 3. The molecule has 3 aliphatic rings. The molecule has 9 rings (SSSR count). The topological polar surface area (TPSA) is 104 Å². The van der Waals surface area contributed by atoms with E-state index in [-0.39, 0.29) is 23.4 Å². The third-order valence-electron chi connectivity index (χ3n) is 12.1. The lowest BCUT2D eigenvalue weighted by Gasteiger charge is -2.34. The van der Waals surface area contributed by atoms with Gasteiger partial charge in [-0.15, -0.1) is 0 Å². The number of halogens is 4. The first kappa shape index (κ1) is 51.8.